The first-order valence-electron chi connectivity index (χ1n) is 9.45. The molecule has 0 radical (unpaired) electrons. The highest BCUT2D eigenvalue weighted by Gasteiger charge is 2.29. The largest absolute Gasteiger partial charge is 0.345 e. The molecule has 5 nitrogen and oxygen atoms in total. The number of para-hydroxylation sites is 2. The number of amides is 1. The number of fused-ring (bicyclic) bond motifs is 1. The normalized spacial score (nSPS) is 15.4. The van der Waals surface area contributed by atoms with Crippen molar-refractivity contribution in [2.75, 3.05) is 0 Å². The first kappa shape index (κ1) is 16.9. The molecule has 0 saturated heterocycles. The molecule has 5 heteroatoms. The number of nitrogens with zero attached hydrogens (tertiary/aromatic N) is 3. The second-order valence-electron chi connectivity index (χ2n) is 7.28. The van der Waals surface area contributed by atoms with Crippen LogP contribution in [0.2, 0.25) is 0 Å². The molecule has 1 aliphatic carbocycles. The standard InChI is InChI=1S/C21H26N4O/c1-5-24-19-9-7-6-8-18(19)23-20(24)14(3)22-21(26)17-12-13(2)25(15(17)4)16-10-11-16/h6-9,12,14,16H,5,10-11H2,1-4H3,(H,22,26)/t14-/m1/s1. The van der Waals surface area contributed by atoms with Crippen molar-refractivity contribution in [1.29, 1.82) is 0 Å². The van der Waals surface area contributed by atoms with Gasteiger partial charge in [-0.2, -0.15) is 0 Å². The minimum atomic E-state index is -0.154. The Labute approximate surface area is 154 Å². The summed E-state index contributed by atoms with van der Waals surface area (Å²) >= 11 is 0. The van der Waals surface area contributed by atoms with Crippen LogP contribution in [0.3, 0.4) is 0 Å². The van der Waals surface area contributed by atoms with Crippen LogP contribution in [0.4, 0.5) is 0 Å². The number of carbonyl (C=O) groups is 1. The highest BCUT2D eigenvalue weighted by Crippen LogP contribution is 2.38. The number of hydrogen-bond donors (Lipinski definition) is 1. The van der Waals surface area contributed by atoms with Gasteiger partial charge in [0.2, 0.25) is 0 Å². The molecule has 1 atom stereocenters. The van der Waals surface area contributed by atoms with Gasteiger partial charge in [-0.15, -0.1) is 0 Å². The third kappa shape index (κ3) is 2.71. The molecule has 3 aromatic rings. The Hall–Kier alpha value is -2.56. The SMILES string of the molecule is CCn1c([C@@H](C)NC(=O)c2cc(C)n(C3CC3)c2C)nc2ccccc21. The lowest BCUT2D eigenvalue weighted by atomic mass is 10.2. The van der Waals surface area contributed by atoms with E-state index < -0.39 is 0 Å². The molecule has 0 bridgehead atoms. The zero-order valence-electron chi connectivity index (χ0n) is 15.9. The van der Waals surface area contributed by atoms with E-state index in [-0.39, 0.29) is 11.9 Å². The summed E-state index contributed by atoms with van der Waals surface area (Å²) in [4.78, 5) is 17.7. The summed E-state index contributed by atoms with van der Waals surface area (Å²) in [6.07, 6.45) is 2.43. The number of aryl methyl sites for hydroxylation is 2. The first-order valence-corrected chi connectivity index (χ1v) is 9.45. The van der Waals surface area contributed by atoms with Crippen LogP contribution in [0.1, 0.15) is 66.3 Å². The summed E-state index contributed by atoms with van der Waals surface area (Å²) in [6, 6.07) is 10.6. The number of rotatable bonds is 5. The maximum atomic E-state index is 12.9. The number of nitrogens with one attached hydrogen (secondary N) is 1. The quantitative estimate of drug-likeness (QED) is 0.746. The Morgan fingerprint density at radius 2 is 2.04 bits per heavy atom. The van der Waals surface area contributed by atoms with Crippen molar-refractivity contribution in [3.8, 4) is 0 Å². The number of imidazole rings is 1. The van der Waals surface area contributed by atoms with Crippen LogP contribution in [0.25, 0.3) is 11.0 Å². The molecule has 1 aromatic carbocycles. The van der Waals surface area contributed by atoms with E-state index in [1.165, 1.54) is 18.5 Å². The third-order valence-corrected chi connectivity index (χ3v) is 5.38. The van der Waals surface area contributed by atoms with Crippen LogP contribution in [0.5, 0.6) is 0 Å². The van der Waals surface area contributed by atoms with Crippen LogP contribution in [-0.4, -0.2) is 20.0 Å². The second kappa shape index (κ2) is 6.31. The smallest absolute Gasteiger partial charge is 0.253 e. The van der Waals surface area contributed by atoms with Crippen molar-refractivity contribution in [3.05, 3.63) is 53.1 Å². The highest BCUT2D eigenvalue weighted by molar-refractivity contribution is 5.96. The van der Waals surface area contributed by atoms with Crippen LogP contribution in [0, 0.1) is 13.8 Å². The van der Waals surface area contributed by atoms with Crippen molar-refractivity contribution in [3.63, 3.8) is 0 Å². The van der Waals surface area contributed by atoms with Crippen LogP contribution < -0.4 is 5.32 Å². The molecule has 1 N–H and O–H groups in total. The van der Waals surface area contributed by atoms with Crippen LogP contribution >= 0.6 is 0 Å². The molecule has 1 saturated carbocycles. The fourth-order valence-electron chi connectivity index (χ4n) is 4.00. The Morgan fingerprint density at radius 3 is 2.73 bits per heavy atom. The van der Waals surface area contributed by atoms with Crippen molar-refractivity contribution >= 4 is 16.9 Å². The lowest BCUT2D eigenvalue weighted by Gasteiger charge is -2.15. The molecule has 1 amide bonds. The van der Waals surface area contributed by atoms with E-state index >= 15 is 0 Å². The fraction of sp³-hybridized carbons (Fsp3) is 0.429. The van der Waals surface area contributed by atoms with E-state index in [1.807, 2.05) is 38.1 Å². The van der Waals surface area contributed by atoms with Gasteiger partial charge < -0.3 is 14.5 Å². The average Bonchev–Trinajstić information content (AvgIpc) is 3.30. The lowest BCUT2D eigenvalue weighted by molar-refractivity contribution is 0.0937. The summed E-state index contributed by atoms with van der Waals surface area (Å²) in [5.74, 6) is 0.880. The molecule has 0 spiro atoms. The molecular formula is C21H26N4O. The second-order valence-corrected chi connectivity index (χ2v) is 7.28. The first-order chi connectivity index (χ1) is 12.5. The molecule has 1 aliphatic rings. The summed E-state index contributed by atoms with van der Waals surface area (Å²) in [7, 11) is 0. The molecule has 1 fully saturated rings. The van der Waals surface area contributed by atoms with E-state index in [0.29, 0.717) is 6.04 Å². The van der Waals surface area contributed by atoms with Gasteiger partial charge in [0.15, 0.2) is 0 Å². The van der Waals surface area contributed by atoms with Gasteiger partial charge in [0.1, 0.15) is 5.82 Å². The zero-order valence-corrected chi connectivity index (χ0v) is 15.9. The predicted molar refractivity (Wildman–Crippen MR) is 103 cm³/mol. The molecule has 136 valence electrons. The van der Waals surface area contributed by atoms with Crippen molar-refractivity contribution in [2.45, 2.75) is 59.2 Å². The average molecular weight is 350 g/mol. The van der Waals surface area contributed by atoms with Gasteiger partial charge >= 0.3 is 0 Å². The van der Waals surface area contributed by atoms with Crippen molar-refractivity contribution in [1.82, 2.24) is 19.4 Å². The Morgan fingerprint density at radius 1 is 1.31 bits per heavy atom. The number of benzene rings is 1. The van der Waals surface area contributed by atoms with Gasteiger partial charge in [0, 0.05) is 24.0 Å². The Kier molecular flexibility index (Phi) is 4.10. The van der Waals surface area contributed by atoms with Gasteiger partial charge in [0.05, 0.1) is 22.6 Å². The van der Waals surface area contributed by atoms with E-state index in [2.05, 4.69) is 34.4 Å². The van der Waals surface area contributed by atoms with Gasteiger partial charge in [0.25, 0.3) is 5.91 Å². The minimum Gasteiger partial charge on any atom is -0.345 e. The van der Waals surface area contributed by atoms with Crippen LogP contribution in [-0.2, 0) is 6.54 Å². The number of hydrogen-bond acceptors (Lipinski definition) is 2. The van der Waals surface area contributed by atoms with E-state index in [0.717, 1.165) is 34.7 Å². The molecular weight excluding hydrogens is 324 g/mol. The summed E-state index contributed by atoms with van der Waals surface area (Å²) < 4.78 is 4.48. The van der Waals surface area contributed by atoms with Crippen LogP contribution in [0.15, 0.2) is 30.3 Å². The fourth-order valence-corrected chi connectivity index (χ4v) is 4.00. The lowest BCUT2D eigenvalue weighted by Crippen LogP contribution is -2.29. The predicted octanol–water partition coefficient (Wildman–Crippen LogP) is 4.30. The maximum Gasteiger partial charge on any atom is 0.253 e. The van der Waals surface area contributed by atoms with Gasteiger partial charge in [-0.05, 0) is 58.7 Å². The number of aromatic nitrogens is 3. The Bertz CT molecular complexity index is 977. The van der Waals surface area contributed by atoms with Gasteiger partial charge in [-0.25, -0.2) is 4.98 Å². The molecule has 2 heterocycles. The maximum absolute atomic E-state index is 12.9. The third-order valence-electron chi connectivity index (χ3n) is 5.38. The van der Waals surface area contributed by atoms with E-state index in [1.54, 1.807) is 0 Å². The van der Waals surface area contributed by atoms with Crippen molar-refractivity contribution in [2.24, 2.45) is 0 Å². The molecule has 0 unspecified atom stereocenters. The topological polar surface area (TPSA) is 51.9 Å². The minimum absolute atomic E-state index is 0.0211. The summed E-state index contributed by atoms with van der Waals surface area (Å²) in [6.45, 7) is 9.07. The summed E-state index contributed by atoms with van der Waals surface area (Å²) in [5, 5.41) is 3.15. The van der Waals surface area contributed by atoms with E-state index in [4.69, 9.17) is 4.98 Å². The molecule has 26 heavy (non-hydrogen) atoms. The van der Waals surface area contributed by atoms with Gasteiger partial charge in [-0.1, -0.05) is 12.1 Å². The molecule has 0 aliphatic heterocycles. The number of carbonyl (C=O) groups excluding carboxylic acids is 1. The van der Waals surface area contributed by atoms with Gasteiger partial charge in [-0.3, -0.25) is 4.79 Å². The summed E-state index contributed by atoms with van der Waals surface area (Å²) in [5.41, 5.74) is 5.10. The molecule has 2 aromatic heterocycles. The zero-order chi connectivity index (χ0) is 18.4. The van der Waals surface area contributed by atoms with E-state index in [9.17, 15) is 4.79 Å². The Balaban J connectivity index is 1.61. The van der Waals surface area contributed by atoms with Crippen molar-refractivity contribution < 1.29 is 4.79 Å². The molecule has 4 rings (SSSR count). The highest BCUT2D eigenvalue weighted by atomic mass is 16.1. The monoisotopic (exact) mass is 350 g/mol.